The Labute approximate surface area is 135 Å². The maximum absolute atomic E-state index is 12.3. The first-order chi connectivity index (χ1) is 11.1. The van der Waals surface area contributed by atoms with E-state index in [-0.39, 0.29) is 17.3 Å². The van der Waals surface area contributed by atoms with Crippen molar-refractivity contribution in [2.75, 3.05) is 11.4 Å². The minimum atomic E-state index is -3.59. The topological polar surface area (TPSA) is 79.4 Å². The molecule has 0 spiro atoms. The smallest absolute Gasteiger partial charge is 0.240 e. The van der Waals surface area contributed by atoms with Crippen molar-refractivity contribution in [3.8, 4) is 0 Å². The largest absolute Gasteiger partial charge is 0.312 e. The van der Waals surface area contributed by atoms with Gasteiger partial charge in [0.2, 0.25) is 15.9 Å². The first-order valence-corrected chi connectivity index (χ1v) is 8.83. The zero-order valence-electron chi connectivity index (χ0n) is 12.5. The molecule has 1 N–H and O–H groups in total. The SMILES string of the molecule is O=C1CCCN1c1ccc(S(=O)(=O)NCc2ccncc2)cc1. The molecular weight excluding hydrogens is 314 g/mol. The zero-order valence-corrected chi connectivity index (χ0v) is 13.3. The van der Waals surface area contributed by atoms with Crippen LogP contribution in [-0.2, 0) is 21.4 Å². The number of hydrogen-bond donors (Lipinski definition) is 1. The number of benzene rings is 1. The fourth-order valence-electron chi connectivity index (χ4n) is 2.49. The maximum Gasteiger partial charge on any atom is 0.240 e. The van der Waals surface area contributed by atoms with E-state index in [1.54, 1.807) is 41.6 Å². The number of amides is 1. The molecule has 0 atom stereocenters. The minimum Gasteiger partial charge on any atom is -0.312 e. The van der Waals surface area contributed by atoms with Crippen molar-refractivity contribution in [1.82, 2.24) is 9.71 Å². The standard InChI is InChI=1S/C16H17N3O3S/c20-16-2-1-11-19(16)14-3-5-15(6-4-14)23(21,22)18-12-13-7-9-17-10-8-13/h3-10,18H,1-2,11-12H2. The molecule has 23 heavy (non-hydrogen) atoms. The number of rotatable bonds is 5. The number of carbonyl (C=O) groups excluding carboxylic acids is 1. The van der Waals surface area contributed by atoms with Crippen LogP contribution in [0.15, 0.2) is 53.7 Å². The van der Waals surface area contributed by atoms with E-state index in [4.69, 9.17) is 0 Å². The van der Waals surface area contributed by atoms with Crippen LogP contribution in [0.5, 0.6) is 0 Å². The first kappa shape index (κ1) is 15.6. The first-order valence-electron chi connectivity index (χ1n) is 7.35. The van der Waals surface area contributed by atoms with Crippen LogP contribution in [0.2, 0.25) is 0 Å². The summed E-state index contributed by atoms with van der Waals surface area (Å²) in [6, 6.07) is 9.90. The van der Waals surface area contributed by atoms with E-state index in [1.165, 1.54) is 12.1 Å². The van der Waals surface area contributed by atoms with Crippen LogP contribution in [0.4, 0.5) is 5.69 Å². The van der Waals surface area contributed by atoms with Crippen LogP contribution >= 0.6 is 0 Å². The lowest BCUT2D eigenvalue weighted by atomic mass is 10.3. The second kappa shape index (κ2) is 6.47. The fourth-order valence-corrected chi connectivity index (χ4v) is 3.51. The lowest BCUT2D eigenvalue weighted by Crippen LogP contribution is -2.25. The van der Waals surface area contributed by atoms with Gasteiger partial charge < -0.3 is 4.90 Å². The van der Waals surface area contributed by atoms with Crippen LogP contribution in [0, 0.1) is 0 Å². The number of nitrogens with one attached hydrogen (secondary N) is 1. The lowest BCUT2D eigenvalue weighted by molar-refractivity contribution is -0.117. The monoisotopic (exact) mass is 331 g/mol. The van der Waals surface area contributed by atoms with Gasteiger partial charge in [-0.2, -0.15) is 0 Å². The van der Waals surface area contributed by atoms with Crippen molar-refractivity contribution in [3.05, 3.63) is 54.4 Å². The van der Waals surface area contributed by atoms with Gasteiger partial charge >= 0.3 is 0 Å². The molecule has 1 aliphatic heterocycles. The van der Waals surface area contributed by atoms with E-state index in [0.717, 1.165) is 17.7 Å². The number of nitrogens with zero attached hydrogens (tertiary/aromatic N) is 2. The Morgan fingerprint density at radius 1 is 1.09 bits per heavy atom. The molecule has 1 fully saturated rings. The Morgan fingerprint density at radius 2 is 1.78 bits per heavy atom. The minimum absolute atomic E-state index is 0.0800. The van der Waals surface area contributed by atoms with Gasteiger partial charge in [0.05, 0.1) is 4.90 Å². The summed E-state index contributed by atoms with van der Waals surface area (Å²) in [5.74, 6) is 0.0800. The molecule has 1 saturated heterocycles. The Hall–Kier alpha value is -2.25. The van der Waals surface area contributed by atoms with Crippen LogP contribution in [0.3, 0.4) is 0 Å². The van der Waals surface area contributed by atoms with Crippen molar-refractivity contribution < 1.29 is 13.2 Å². The number of hydrogen-bond acceptors (Lipinski definition) is 4. The van der Waals surface area contributed by atoms with Crippen LogP contribution in [0.25, 0.3) is 0 Å². The molecule has 0 bridgehead atoms. The van der Waals surface area contributed by atoms with Crippen molar-refractivity contribution in [3.63, 3.8) is 0 Å². The van der Waals surface area contributed by atoms with E-state index < -0.39 is 10.0 Å². The predicted octanol–water partition coefficient (Wildman–Crippen LogP) is 1.69. The normalized spacial score (nSPS) is 15.1. The fraction of sp³-hybridized carbons (Fsp3) is 0.250. The second-order valence-electron chi connectivity index (χ2n) is 5.32. The van der Waals surface area contributed by atoms with E-state index in [9.17, 15) is 13.2 Å². The van der Waals surface area contributed by atoms with Gasteiger partial charge in [-0.3, -0.25) is 9.78 Å². The molecule has 2 aromatic rings. The third kappa shape index (κ3) is 3.57. The molecule has 0 unspecified atom stereocenters. The Bertz CT molecular complexity index is 789. The number of aromatic nitrogens is 1. The van der Waals surface area contributed by atoms with Gasteiger partial charge in [-0.1, -0.05) is 0 Å². The number of carbonyl (C=O) groups is 1. The van der Waals surface area contributed by atoms with Gasteiger partial charge in [0.1, 0.15) is 0 Å². The molecule has 6 nitrogen and oxygen atoms in total. The molecule has 1 aromatic heterocycles. The Morgan fingerprint density at radius 3 is 2.39 bits per heavy atom. The summed E-state index contributed by atoms with van der Waals surface area (Å²) in [4.78, 5) is 17.5. The predicted molar refractivity (Wildman–Crippen MR) is 86.3 cm³/mol. The van der Waals surface area contributed by atoms with Gasteiger partial charge in [0.25, 0.3) is 0 Å². The molecule has 1 aromatic carbocycles. The van der Waals surface area contributed by atoms with E-state index in [0.29, 0.717) is 13.0 Å². The van der Waals surface area contributed by atoms with Gasteiger partial charge in [-0.15, -0.1) is 0 Å². The van der Waals surface area contributed by atoms with Gasteiger partial charge in [0, 0.05) is 37.6 Å². The summed E-state index contributed by atoms with van der Waals surface area (Å²) in [7, 11) is -3.59. The average Bonchev–Trinajstić information content (AvgIpc) is 3.00. The van der Waals surface area contributed by atoms with E-state index in [1.807, 2.05) is 0 Å². The van der Waals surface area contributed by atoms with Gasteiger partial charge in [-0.05, 0) is 48.4 Å². The maximum atomic E-state index is 12.3. The third-order valence-electron chi connectivity index (χ3n) is 3.75. The molecule has 2 heterocycles. The third-order valence-corrected chi connectivity index (χ3v) is 5.16. The van der Waals surface area contributed by atoms with Crippen molar-refractivity contribution in [2.45, 2.75) is 24.3 Å². The molecule has 3 rings (SSSR count). The number of anilines is 1. The second-order valence-corrected chi connectivity index (χ2v) is 7.09. The highest BCUT2D eigenvalue weighted by Crippen LogP contribution is 2.22. The van der Waals surface area contributed by atoms with Gasteiger partial charge in [0.15, 0.2) is 0 Å². The summed E-state index contributed by atoms with van der Waals surface area (Å²) in [6.45, 7) is 0.891. The molecule has 0 aliphatic carbocycles. The average molecular weight is 331 g/mol. The van der Waals surface area contributed by atoms with E-state index in [2.05, 4.69) is 9.71 Å². The summed E-state index contributed by atoms with van der Waals surface area (Å²) in [6.07, 6.45) is 4.62. The highest BCUT2D eigenvalue weighted by molar-refractivity contribution is 7.89. The highest BCUT2D eigenvalue weighted by Gasteiger charge is 2.22. The zero-order chi connectivity index (χ0) is 16.3. The molecule has 120 valence electrons. The molecular formula is C16H17N3O3S. The summed E-state index contributed by atoms with van der Waals surface area (Å²) >= 11 is 0. The number of sulfonamides is 1. The lowest BCUT2D eigenvalue weighted by Gasteiger charge is -2.16. The van der Waals surface area contributed by atoms with Crippen LogP contribution in [0.1, 0.15) is 18.4 Å². The summed E-state index contributed by atoms with van der Waals surface area (Å²) in [5, 5.41) is 0. The molecule has 0 saturated carbocycles. The molecule has 0 radical (unpaired) electrons. The van der Waals surface area contributed by atoms with Gasteiger partial charge in [-0.25, -0.2) is 13.1 Å². The summed E-state index contributed by atoms with van der Waals surface area (Å²) < 4.78 is 27.1. The van der Waals surface area contributed by atoms with Crippen molar-refractivity contribution in [1.29, 1.82) is 0 Å². The van der Waals surface area contributed by atoms with Crippen molar-refractivity contribution >= 4 is 21.6 Å². The van der Waals surface area contributed by atoms with E-state index >= 15 is 0 Å². The molecule has 1 amide bonds. The number of pyridine rings is 1. The molecule has 1 aliphatic rings. The summed E-state index contributed by atoms with van der Waals surface area (Å²) in [5.41, 5.74) is 1.57. The molecule has 7 heteroatoms. The van der Waals surface area contributed by atoms with Crippen LogP contribution in [-0.4, -0.2) is 25.9 Å². The Balaban J connectivity index is 1.71. The highest BCUT2D eigenvalue weighted by atomic mass is 32.2. The quantitative estimate of drug-likeness (QED) is 0.904. The Kier molecular flexibility index (Phi) is 4.40. The van der Waals surface area contributed by atoms with Crippen molar-refractivity contribution in [2.24, 2.45) is 0 Å². The van der Waals surface area contributed by atoms with Crippen LogP contribution < -0.4 is 9.62 Å².